The molecule has 6 nitrogen and oxygen atoms in total. The number of alkyl halides is 3. The van der Waals surface area contributed by atoms with Crippen molar-refractivity contribution in [2.24, 2.45) is 0 Å². The van der Waals surface area contributed by atoms with Gasteiger partial charge in [-0.3, -0.25) is 5.10 Å². The van der Waals surface area contributed by atoms with Crippen molar-refractivity contribution in [3.63, 3.8) is 0 Å². The van der Waals surface area contributed by atoms with Crippen molar-refractivity contribution < 1.29 is 26.3 Å². The van der Waals surface area contributed by atoms with E-state index in [1.165, 1.54) is 24.3 Å². The number of nitrogens with one attached hydrogen (secondary N) is 1. The molecule has 1 heterocycles. The molecule has 25 heavy (non-hydrogen) atoms. The minimum atomic E-state index is -4.42. The SMILES string of the molecule is O=S(=O)(Cc1ccc(OCC(F)(F)F)cc1)Cc1nc(C2CC2)n[nH]1. The maximum atomic E-state index is 12.2. The van der Waals surface area contributed by atoms with E-state index in [0.717, 1.165) is 12.8 Å². The van der Waals surface area contributed by atoms with E-state index in [1.54, 1.807) is 0 Å². The molecule has 1 aliphatic carbocycles. The fraction of sp³-hybridized carbons (Fsp3) is 0.467. The van der Waals surface area contributed by atoms with Gasteiger partial charge >= 0.3 is 6.18 Å². The summed E-state index contributed by atoms with van der Waals surface area (Å²) in [6, 6.07) is 5.49. The van der Waals surface area contributed by atoms with Crippen LogP contribution < -0.4 is 4.74 Å². The summed E-state index contributed by atoms with van der Waals surface area (Å²) in [7, 11) is -3.48. The van der Waals surface area contributed by atoms with Gasteiger partial charge in [0.25, 0.3) is 0 Å². The lowest BCUT2D eigenvalue weighted by Crippen LogP contribution is -2.19. The Morgan fingerprint density at radius 1 is 1.16 bits per heavy atom. The fourth-order valence-corrected chi connectivity index (χ4v) is 3.61. The minimum absolute atomic E-state index is 0.0304. The molecule has 0 radical (unpaired) electrons. The molecule has 1 saturated carbocycles. The topological polar surface area (TPSA) is 84.9 Å². The predicted octanol–water partition coefficient (Wildman–Crippen LogP) is 2.74. The summed E-state index contributed by atoms with van der Waals surface area (Å²) in [6.45, 7) is -1.39. The van der Waals surface area contributed by atoms with Crippen LogP contribution in [0, 0.1) is 0 Å². The van der Waals surface area contributed by atoms with E-state index < -0.39 is 22.6 Å². The van der Waals surface area contributed by atoms with Crippen LogP contribution in [0.3, 0.4) is 0 Å². The van der Waals surface area contributed by atoms with Crippen LogP contribution in [-0.4, -0.2) is 36.4 Å². The second-order valence-electron chi connectivity index (χ2n) is 5.99. The van der Waals surface area contributed by atoms with Crippen LogP contribution in [0.5, 0.6) is 5.75 Å². The lowest BCUT2D eigenvalue weighted by Gasteiger charge is -2.09. The summed E-state index contributed by atoms with van der Waals surface area (Å²) in [5.74, 6) is 0.800. The molecule has 0 saturated heterocycles. The number of rotatable bonds is 7. The molecule has 0 unspecified atom stereocenters. The lowest BCUT2D eigenvalue weighted by molar-refractivity contribution is -0.153. The smallest absolute Gasteiger partial charge is 0.422 e. The monoisotopic (exact) mass is 375 g/mol. The Hall–Kier alpha value is -2.10. The number of aromatic amines is 1. The molecular weight excluding hydrogens is 359 g/mol. The van der Waals surface area contributed by atoms with E-state index >= 15 is 0 Å². The molecule has 0 amide bonds. The highest BCUT2D eigenvalue weighted by Crippen LogP contribution is 2.37. The molecule has 1 aromatic carbocycles. The van der Waals surface area contributed by atoms with Crippen molar-refractivity contribution in [2.75, 3.05) is 6.61 Å². The Morgan fingerprint density at radius 2 is 1.84 bits per heavy atom. The number of aromatic nitrogens is 3. The summed E-state index contributed by atoms with van der Waals surface area (Å²) in [5.41, 5.74) is 0.460. The summed E-state index contributed by atoms with van der Waals surface area (Å²) < 4.78 is 65.3. The third-order valence-electron chi connectivity index (χ3n) is 3.56. The summed E-state index contributed by atoms with van der Waals surface area (Å²) in [6.07, 6.45) is -2.38. The van der Waals surface area contributed by atoms with Crippen LogP contribution in [0.15, 0.2) is 24.3 Å². The van der Waals surface area contributed by atoms with Crippen LogP contribution in [-0.2, 0) is 21.3 Å². The van der Waals surface area contributed by atoms with Gasteiger partial charge in [0, 0.05) is 5.92 Å². The van der Waals surface area contributed by atoms with Gasteiger partial charge in [-0.1, -0.05) is 12.1 Å². The van der Waals surface area contributed by atoms with E-state index in [1.807, 2.05) is 0 Å². The first-order valence-electron chi connectivity index (χ1n) is 7.60. The molecule has 1 aromatic heterocycles. The number of hydrogen-bond acceptors (Lipinski definition) is 5. The average molecular weight is 375 g/mol. The van der Waals surface area contributed by atoms with Crippen LogP contribution in [0.25, 0.3) is 0 Å². The highest BCUT2D eigenvalue weighted by Gasteiger charge is 2.29. The number of nitrogens with zero attached hydrogens (tertiary/aromatic N) is 2. The van der Waals surface area contributed by atoms with Gasteiger partial charge in [0.15, 0.2) is 22.3 Å². The molecule has 3 rings (SSSR count). The molecule has 1 aliphatic rings. The zero-order valence-electron chi connectivity index (χ0n) is 13.1. The van der Waals surface area contributed by atoms with Crippen molar-refractivity contribution in [1.29, 1.82) is 0 Å². The van der Waals surface area contributed by atoms with Gasteiger partial charge in [0.1, 0.15) is 17.3 Å². The summed E-state index contributed by atoms with van der Waals surface area (Å²) >= 11 is 0. The predicted molar refractivity (Wildman–Crippen MR) is 82.7 cm³/mol. The molecule has 136 valence electrons. The van der Waals surface area contributed by atoms with Crippen LogP contribution in [0.2, 0.25) is 0 Å². The van der Waals surface area contributed by atoms with E-state index in [9.17, 15) is 21.6 Å². The number of hydrogen-bond donors (Lipinski definition) is 1. The third-order valence-corrected chi connectivity index (χ3v) is 5.05. The van der Waals surface area contributed by atoms with Gasteiger partial charge in [-0.15, -0.1) is 0 Å². The highest BCUT2D eigenvalue weighted by atomic mass is 32.2. The van der Waals surface area contributed by atoms with Gasteiger partial charge in [-0.05, 0) is 30.5 Å². The van der Waals surface area contributed by atoms with Gasteiger partial charge in [0.2, 0.25) is 0 Å². The second-order valence-corrected chi connectivity index (χ2v) is 8.06. The maximum Gasteiger partial charge on any atom is 0.422 e. The number of ether oxygens (including phenoxy) is 1. The lowest BCUT2D eigenvalue weighted by atomic mass is 10.2. The Labute approximate surface area is 142 Å². The van der Waals surface area contributed by atoms with E-state index in [4.69, 9.17) is 0 Å². The quantitative estimate of drug-likeness (QED) is 0.804. The molecule has 1 N–H and O–H groups in total. The zero-order valence-corrected chi connectivity index (χ0v) is 13.9. The molecular formula is C15H16F3N3O3S. The van der Waals surface area contributed by atoms with Crippen LogP contribution in [0.4, 0.5) is 13.2 Å². The second kappa shape index (κ2) is 6.66. The molecule has 1 fully saturated rings. The first kappa shape index (κ1) is 17.7. The van der Waals surface area contributed by atoms with Gasteiger partial charge < -0.3 is 4.74 Å². The molecule has 0 spiro atoms. The number of H-pyrrole nitrogens is 1. The third kappa shape index (κ3) is 5.45. The largest absolute Gasteiger partial charge is 0.484 e. The standard InChI is InChI=1S/C15H16F3N3O3S/c16-15(17,18)9-24-12-5-1-10(2-6-12)7-25(22,23)8-13-19-14(21-20-13)11-3-4-11/h1-2,5-6,11H,3-4,7-9H2,(H,19,20,21). The Bertz CT molecular complexity index is 828. The number of benzene rings is 1. The van der Waals surface area contributed by atoms with Gasteiger partial charge in [-0.2, -0.15) is 18.3 Å². The van der Waals surface area contributed by atoms with E-state index in [-0.39, 0.29) is 17.3 Å². The van der Waals surface area contributed by atoms with Crippen molar-refractivity contribution in [2.45, 2.75) is 36.4 Å². The van der Waals surface area contributed by atoms with Gasteiger partial charge in [0.05, 0.1) is 5.75 Å². The Morgan fingerprint density at radius 3 is 2.44 bits per heavy atom. The molecule has 0 atom stereocenters. The van der Waals surface area contributed by atoms with Gasteiger partial charge in [-0.25, -0.2) is 13.4 Å². The Balaban J connectivity index is 1.58. The number of halogens is 3. The number of sulfone groups is 1. The fourth-order valence-electron chi connectivity index (χ4n) is 2.26. The minimum Gasteiger partial charge on any atom is -0.484 e. The highest BCUT2D eigenvalue weighted by molar-refractivity contribution is 7.89. The summed E-state index contributed by atoms with van der Waals surface area (Å²) in [5, 5.41) is 6.65. The Kier molecular flexibility index (Phi) is 4.72. The van der Waals surface area contributed by atoms with Crippen LogP contribution >= 0.6 is 0 Å². The zero-order chi connectivity index (χ0) is 18.1. The van der Waals surface area contributed by atoms with Crippen molar-refractivity contribution >= 4 is 9.84 Å². The summed E-state index contributed by atoms with van der Waals surface area (Å²) in [4.78, 5) is 4.19. The van der Waals surface area contributed by atoms with E-state index in [2.05, 4.69) is 19.9 Å². The molecule has 0 bridgehead atoms. The molecule has 0 aliphatic heterocycles. The molecule has 2 aromatic rings. The normalized spacial score (nSPS) is 15.3. The van der Waals surface area contributed by atoms with Crippen LogP contribution in [0.1, 0.15) is 36.0 Å². The average Bonchev–Trinajstić information content (AvgIpc) is 3.26. The molecule has 10 heteroatoms. The first-order chi connectivity index (χ1) is 11.7. The van der Waals surface area contributed by atoms with Crippen molar-refractivity contribution in [3.05, 3.63) is 41.5 Å². The van der Waals surface area contributed by atoms with Crippen molar-refractivity contribution in [1.82, 2.24) is 15.2 Å². The maximum absolute atomic E-state index is 12.2. The van der Waals surface area contributed by atoms with E-state index in [0.29, 0.717) is 23.1 Å². The van der Waals surface area contributed by atoms with Crippen molar-refractivity contribution in [3.8, 4) is 5.75 Å². The first-order valence-corrected chi connectivity index (χ1v) is 9.42.